The number of aryl methyl sites for hydroxylation is 2. The predicted molar refractivity (Wildman–Crippen MR) is 113 cm³/mol. The maximum absolute atomic E-state index is 12.7. The van der Waals surface area contributed by atoms with Gasteiger partial charge in [-0.1, -0.05) is 36.5 Å². The normalized spacial score (nSPS) is 11.2. The lowest BCUT2D eigenvalue weighted by Crippen LogP contribution is -2.26. The summed E-state index contributed by atoms with van der Waals surface area (Å²) >= 11 is 1.46. The van der Waals surface area contributed by atoms with E-state index in [9.17, 15) is 9.59 Å². The zero-order valence-corrected chi connectivity index (χ0v) is 16.5. The van der Waals surface area contributed by atoms with Gasteiger partial charge in [0.25, 0.3) is 5.56 Å². The van der Waals surface area contributed by atoms with Crippen LogP contribution >= 0.6 is 11.3 Å². The molecule has 0 aliphatic heterocycles. The van der Waals surface area contributed by atoms with Crippen LogP contribution in [0.4, 0.5) is 5.13 Å². The lowest BCUT2D eigenvalue weighted by molar-refractivity contribution is -0.116. The van der Waals surface area contributed by atoms with Crippen LogP contribution in [0.25, 0.3) is 21.1 Å². The topological polar surface area (TPSA) is 76.9 Å². The summed E-state index contributed by atoms with van der Waals surface area (Å²) in [6, 6.07) is 13.4. The van der Waals surface area contributed by atoms with Crippen molar-refractivity contribution in [2.75, 3.05) is 5.32 Å². The Morgan fingerprint density at radius 2 is 1.96 bits per heavy atom. The van der Waals surface area contributed by atoms with E-state index in [1.807, 2.05) is 24.3 Å². The van der Waals surface area contributed by atoms with Gasteiger partial charge in [-0.05, 0) is 43.2 Å². The number of benzene rings is 2. The number of aromatic nitrogens is 3. The molecule has 0 aliphatic carbocycles. The van der Waals surface area contributed by atoms with Crippen molar-refractivity contribution >= 4 is 43.5 Å². The van der Waals surface area contributed by atoms with Gasteiger partial charge in [-0.25, -0.2) is 9.97 Å². The van der Waals surface area contributed by atoms with E-state index in [-0.39, 0.29) is 24.4 Å². The van der Waals surface area contributed by atoms with Gasteiger partial charge in [0.2, 0.25) is 5.91 Å². The summed E-state index contributed by atoms with van der Waals surface area (Å²) in [4.78, 5) is 34.0. The Kier molecular flexibility index (Phi) is 4.92. The van der Waals surface area contributed by atoms with E-state index >= 15 is 0 Å². The molecule has 0 saturated heterocycles. The molecule has 0 radical (unpaired) electrons. The number of anilines is 1. The van der Waals surface area contributed by atoms with E-state index in [4.69, 9.17) is 0 Å². The fourth-order valence-electron chi connectivity index (χ4n) is 3.18. The Balaban J connectivity index is 1.49. The number of thiazole rings is 1. The van der Waals surface area contributed by atoms with Crippen LogP contribution in [-0.4, -0.2) is 20.4 Å². The summed E-state index contributed by atoms with van der Waals surface area (Å²) in [7, 11) is 0. The first-order valence-corrected chi connectivity index (χ1v) is 10.0. The molecule has 0 fully saturated rings. The van der Waals surface area contributed by atoms with Crippen LogP contribution in [0.5, 0.6) is 0 Å². The molecule has 2 aromatic heterocycles. The largest absolute Gasteiger partial charge is 0.302 e. The van der Waals surface area contributed by atoms with Crippen LogP contribution in [0.15, 0.2) is 47.3 Å². The summed E-state index contributed by atoms with van der Waals surface area (Å²) < 4.78 is 2.61. The van der Waals surface area contributed by atoms with Crippen molar-refractivity contribution in [3.05, 3.63) is 64.2 Å². The SMILES string of the molecule is CCc1ccc2nc(NC(=O)CCn3c(C)nc4ccccc4c3=O)sc2c1. The zero-order valence-electron chi connectivity index (χ0n) is 15.7. The monoisotopic (exact) mass is 392 g/mol. The maximum atomic E-state index is 12.7. The van der Waals surface area contributed by atoms with Crippen LogP contribution in [0.2, 0.25) is 0 Å². The van der Waals surface area contributed by atoms with Crippen LogP contribution in [0.3, 0.4) is 0 Å². The van der Waals surface area contributed by atoms with Gasteiger partial charge >= 0.3 is 0 Å². The van der Waals surface area contributed by atoms with Gasteiger partial charge in [0.05, 0.1) is 21.1 Å². The molecule has 2 heterocycles. The number of nitrogens with one attached hydrogen (secondary N) is 1. The van der Waals surface area contributed by atoms with Gasteiger partial charge in [0.15, 0.2) is 5.13 Å². The Morgan fingerprint density at radius 3 is 2.79 bits per heavy atom. The average Bonchev–Trinajstić information content (AvgIpc) is 3.08. The first-order valence-electron chi connectivity index (χ1n) is 9.20. The summed E-state index contributed by atoms with van der Waals surface area (Å²) in [6.45, 7) is 4.17. The highest BCUT2D eigenvalue weighted by Crippen LogP contribution is 2.27. The van der Waals surface area contributed by atoms with E-state index < -0.39 is 0 Å². The molecule has 2 aromatic carbocycles. The number of nitrogens with zero attached hydrogens (tertiary/aromatic N) is 3. The molecule has 4 rings (SSSR count). The number of para-hydroxylation sites is 1. The molecule has 0 aliphatic rings. The molecular formula is C21H20N4O2S. The van der Waals surface area contributed by atoms with Crippen LogP contribution in [0.1, 0.15) is 24.7 Å². The molecule has 0 bridgehead atoms. The number of fused-ring (bicyclic) bond motifs is 2. The molecule has 0 spiro atoms. The molecule has 1 amide bonds. The van der Waals surface area contributed by atoms with Gasteiger partial charge in [-0.2, -0.15) is 0 Å². The molecule has 0 saturated carbocycles. The van der Waals surface area contributed by atoms with Crippen molar-refractivity contribution in [1.82, 2.24) is 14.5 Å². The molecule has 1 N–H and O–H groups in total. The molecule has 142 valence electrons. The zero-order chi connectivity index (χ0) is 19.7. The fraction of sp³-hybridized carbons (Fsp3) is 0.238. The second kappa shape index (κ2) is 7.52. The molecule has 0 atom stereocenters. The third-order valence-electron chi connectivity index (χ3n) is 4.72. The number of hydrogen-bond donors (Lipinski definition) is 1. The third kappa shape index (κ3) is 3.53. The second-order valence-corrected chi connectivity index (χ2v) is 7.64. The number of amides is 1. The van der Waals surface area contributed by atoms with Crippen molar-refractivity contribution in [1.29, 1.82) is 0 Å². The first kappa shape index (κ1) is 18.3. The Hall–Kier alpha value is -3.06. The summed E-state index contributed by atoms with van der Waals surface area (Å²) in [5.74, 6) is 0.429. The van der Waals surface area contributed by atoms with E-state index in [0.717, 1.165) is 16.6 Å². The standard InChI is InChI=1S/C21H20N4O2S/c1-3-14-8-9-17-18(12-14)28-21(23-17)24-19(26)10-11-25-13(2)22-16-7-5-4-6-15(16)20(25)27/h4-9,12H,3,10-11H2,1-2H3,(H,23,24,26). The summed E-state index contributed by atoms with van der Waals surface area (Å²) in [6.07, 6.45) is 1.14. The Morgan fingerprint density at radius 1 is 1.14 bits per heavy atom. The Bertz CT molecular complexity index is 1240. The van der Waals surface area contributed by atoms with Crippen molar-refractivity contribution in [3.63, 3.8) is 0 Å². The average molecular weight is 392 g/mol. The lowest BCUT2D eigenvalue weighted by Gasteiger charge is -2.10. The van der Waals surface area contributed by atoms with E-state index in [1.165, 1.54) is 16.9 Å². The van der Waals surface area contributed by atoms with Crippen LogP contribution < -0.4 is 10.9 Å². The summed E-state index contributed by atoms with van der Waals surface area (Å²) in [5, 5.41) is 3.99. The molecule has 4 aromatic rings. The first-order chi connectivity index (χ1) is 13.5. The highest BCUT2D eigenvalue weighted by Gasteiger charge is 2.12. The fourth-order valence-corrected chi connectivity index (χ4v) is 4.13. The molecule has 7 heteroatoms. The van der Waals surface area contributed by atoms with Gasteiger partial charge in [-0.3, -0.25) is 14.2 Å². The Labute approximate surface area is 165 Å². The molecule has 28 heavy (non-hydrogen) atoms. The number of rotatable bonds is 5. The van der Waals surface area contributed by atoms with Crippen LogP contribution in [-0.2, 0) is 17.8 Å². The van der Waals surface area contributed by atoms with Crippen molar-refractivity contribution in [2.24, 2.45) is 0 Å². The van der Waals surface area contributed by atoms with Gasteiger partial charge in [0.1, 0.15) is 5.82 Å². The number of hydrogen-bond acceptors (Lipinski definition) is 5. The van der Waals surface area contributed by atoms with Crippen molar-refractivity contribution < 1.29 is 4.79 Å². The molecule has 0 unspecified atom stereocenters. The molecule has 6 nitrogen and oxygen atoms in total. The van der Waals surface area contributed by atoms with Gasteiger partial charge < -0.3 is 5.32 Å². The minimum Gasteiger partial charge on any atom is -0.302 e. The maximum Gasteiger partial charge on any atom is 0.261 e. The highest BCUT2D eigenvalue weighted by atomic mass is 32.1. The number of carbonyl (C=O) groups excluding carboxylic acids is 1. The van der Waals surface area contributed by atoms with Crippen LogP contribution in [0, 0.1) is 6.92 Å². The van der Waals surface area contributed by atoms with Crippen molar-refractivity contribution in [2.45, 2.75) is 33.2 Å². The highest BCUT2D eigenvalue weighted by molar-refractivity contribution is 7.22. The lowest BCUT2D eigenvalue weighted by atomic mass is 10.2. The molecular weight excluding hydrogens is 372 g/mol. The number of carbonyl (C=O) groups is 1. The summed E-state index contributed by atoms with van der Waals surface area (Å²) in [5.41, 5.74) is 2.67. The minimum atomic E-state index is -0.172. The van der Waals surface area contributed by atoms with E-state index in [2.05, 4.69) is 34.3 Å². The smallest absolute Gasteiger partial charge is 0.261 e. The predicted octanol–water partition coefficient (Wildman–Crippen LogP) is 3.91. The third-order valence-corrected chi connectivity index (χ3v) is 5.66. The quantitative estimate of drug-likeness (QED) is 0.559. The van der Waals surface area contributed by atoms with Gasteiger partial charge in [-0.15, -0.1) is 0 Å². The van der Waals surface area contributed by atoms with E-state index in [1.54, 1.807) is 17.6 Å². The van der Waals surface area contributed by atoms with Crippen molar-refractivity contribution in [3.8, 4) is 0 Å². The van der Waals surface area contributed by atoms with E-state index in [0.29, 0.717) is 21.9 Å². The van der Waals surface area contributed by atoms with Gasteiger partial charge in [0, 0.05) is 13.0 Å². The minimum absolute atomic E-state index is 0.122. The second-order valence-electron chi connectivity index (χ2n) is 6.61.